The summed E-state index contributed by atoms with van der Waals surface area (Å²) in [6.45, 7) is 0. The van der Waals surface area contributed by atoms with Gasteiger partial charge >= 0.3 is 5.97 Å². The number of carbonyl (C=O) groups excluding carboxylic acids is 1. The third-order valence-corrected chi connectivity index (χ3v) is 4.07. The Bertz CT molecular complexity index is 626. The maximum Gasteiger partial charge on any atom is 0.309 e. The SMILES string of the molecule is O=C(O)C1CC(=O)N(C2CC2)C1c1ccccc1[N+](=O)[O-]. The number of nitrogens with zero attached hydrogens (tertiary/aromatic N) is 2. The monoisotopic (exact) mass is 290 g/mol. The van der Waals surface area contributed by atoms with Crippen LogP contribution in [-0.4, -0.2) is 32.8 Å². The highest BCUT2D eigenvalue weighted by molar-refractivity contribution is 5.88. The van der Waals surface area contributed by atoms with Crippen molar-refractivity contribution in [3.8, 4) is 0 Å². The van der Waals surface area contributed by atoms with Crippen molar-refractivity contribution in [2.75, 3.05) is 0 Å². The third-order valence-electron chi connectivity index (χ3n) is 4.07. The van der Waals surface area contributed by atoms with Crippen molar-refractivity contribution in [3.05, 3.63) is 39.9 Å². The first kappa shape index (κ1) is 13.5. The molecule has 2 fully saturated rings. The molecule has 1 saturated heterocycles. The second kappa shape index (κ2) is 4.83. The number of carboxylic acids is 1. The Labute approximate surface area is 120 Å². The zero-order valence-electron chi connectivity index (χ0n) is 11.1. The van der Waals surface area contributed by atoms with Crippen molar-refractivity contribution in [1.82, 2.24) is 4.90 Å². The minimum absolute atomic E-state index is 0.0201. The number of likely N-dealkylation sites (tertiary alicyclic amines) is 1. The van der Waals surface area contributed by atoms with Crippen molar-refractivity contribution >= 4 is 17.6 Å². The average molecular weight is 290 g/mol. The Balaban J connectivity index is 2.09. The van der Waals surface area contributed by atoms with Gasteiger partial charge in [0.25, 0.3) is 5.69 Å². The molecule has 21 heavy (non-hydrogen) atoms. The molecule has 2 aliphatic rings. The van der Waals surface area contributed by atoms with Gasteiger partial charge in [0, 0.05) is 18.5 Å². The van der Waals surface area contributed by atoms with E-state index < -0.39 is 22.9 Å². The molecule has 7 nitrogen and oxygen atoms in total. The lowest BCUT2D eigenvalue weighted by Crippen LogP contribution is -2.32. The Kier molecular flexibility index (Phi) is 3.12. The second-order valence-electron chi connectivity index (χ2n) is 5.44. The Hall–Kier alpha value is -2.44. The topological polar surface area (TPSA) is 101 Å². The molecule has 2 unspecified atom stereocenters. The van der Waals surface area contributed by atoms with E-state index in [0.29, 0.717) is 5.56 Å². The highest BCUT2D eigenvalue weighted by Crippen LogP contribution is 2.47. The van der Waals surface area contributed by atoms with E-state index in [1.54, 1.807) is 17.0 Å². The minimum atomic E-state index is -1.09. The molecule has 7 heteroatoms. The molecule has 1 aromatic carbocycles. The van der Waals surface area contributed by atoms with Crippen LogP contribution in [-0.2, 0) is 9.59 Å². The second-order valence-corrected chi connectivity index (χ2v) is 5.44. The third kappa shape index (κ3) is 2.24. The zero-order chi connectivity index (χ0) is 15.1. The summed E-state index contributed by atoms with van der Waals surface area (Å²) in [5.74, 6) is -2.25. The van der Waals surface area contributed by atoms with Crippen LogP contribution in [0.15, 0.2) is 24.3 Å². The maximum absolute atomic E-state index is 12.1. The van der Waals surface area contributed by atoms with Crippen LogP contribution in [0.3, 0.4) is 0 Å². The van der Waals surface area contributed by atoms with Crippen LogP contribution in [0.2, 0.25) is 0 Å². The molecule has 2 atom stereocenters. The predicted octanol–water partition coefficient (Wildman–Crippen LogP) is 1.73. The van der Waals surface area contributed by atoms with Crippen molar-refractivity contribution in [2.45, 2.75) is 31.3 Å². The fourth-order valence-electron chi connectivity index (χ4n) is 3.03. The van der Waals surface area contributed by atoms with Gasteiger partial charge in [-0.1, -0.05) is 18.2 Å². The first-order valence-corrected chi connectivity index (χ1v) is 6.78. The summed E-state index contributed by atoms with van der Waals surface area (Å²) in [7, 11) is 0. The number of nitro groups is 1. The van der Waals surface area contributed by atoms with Crippen molar-refractivity contribution in [3.63, 3.8) is 0 Å². The highest BCUT2D eigenvalue weighted by atomic mass is 16.6. The van der Waals surface area contributed by atoms with Crippen LogP contribution >= 0.6 is 0 Å². The summed E-state index contributed by atoms with van der Waals surface area (Å²) in [6, 6.07) is 5.34. The Morgan fingerprint density at radius 1 is 1.33 bits per heavy atom. The number of hydrogen-bond donors (Lipinski definition) is 1. The minimum Gasteiger partial charge on any atom is -0.481 e. The number of para-hydroxylation sites is 1. The van der Waals surface area contributed by atoms with Crippen molar-refractivity contribution in [2.24, 2.45) is 5.92 Å². The lowest BCUT2D eigenvalue weighted by Gasteiger charge is -2.27. The fraction of sp³-hybridized carbons (Fsp3) is 0.429. The summed E-state index contributed by atoms with van der Waals surface area (Å²) in [4.78, 5) is 35.8. The van der Waals surface area contributed by atoms with Crippen LogP contribution in [0.1, 0.15) is 30.9 Å². The molecule has 0 spiro atoms. The summed E-state index contributed by atoms with van der Waals surface area (Å²) in [6.07, 6.45) is 1.56. The van der Waals surface area contributed by atoms with E-state index in [1.165, 1.54) is 12.1 Å². The van der Waals surface area contributed by atoms with E-state index in [2.05, 4.69) is 0 Å². The first-order valence-electron chi connectivity index (χ1n) is 6.78. The molecule has 110 valence electrons. The molecule has 1 N–H and O–H groups in total. The van der Waals surface area contributed by atoms with Crippen LogP contribution in [0.25, 0.3) is 0 Å². The van der Waals surface area contributed by atoms with E-state index in [9.17, 15) is 24.8 Å². The van der Waals surface area contributed by atoms with E-state index in [1.807, 2.05) is 0 Å². The van der Waals surface area contributed by atoms with Gasteiger partial charge in [0.15, 0.2) is 0 Å². The van der Waals surface area contributed by atoms with Gasteiger partial charge in [0.2, 0.25) is 5.91 Å². The molecule has 3 rings (SSSR count). The fourth-order valence-corrected chi connectivity index (χ4v) is 3.03. The van der Waals surface area contributed by atoms with E-state index in [4.69, 9.17) is 0 Å². The molecular formula is C14H14N2O5. The molecule has 0 aromatic heterocycles. The van der Waals surface area contributed by atoms with Gasteiger partial charge in [-0.2, -0.15) is 0 Å². The summed E-state index contributed by atoms with van der Waals surface area (Å²) >= 11 is 0. The van der Waals surface area contributed by atoms with Crippen LogP contribution in [0, 0.1) is 16.0 Å². The molecule has 1 aliphatic heterocycles. The van der Waals surface area contributed by atoms with Gasteiger partial charge in [-0.15, -0.1) is 0 Å². The van der Waals surface area contributed by atoms with Gasteiger partial charge in [0.05, 0.1) is 22.4 Å². The van der Waals surface area contributed by atoms with E-state index >= 15 is 0 Å². The lowest BCUT2D eigenvalue weighted by atomic mass is 9.92. The number of carboxylic acid groups (broad SMARTS) is 1. The molecule has 1 heterocycles. The zero-order valence-corrected chi connectivity index (χ0v) is 11.1. The Morgan fingerprint density at radius 3 is 2.57 bits per heavy atom. The van der Waals surface area contributed by atoms with E-state index in [-0.39, 0.29) is 24.1 Å². The van der Waals surface area contributed by atoms with Gasteiger partial charge in [-0.3, -0.25) is 19.7 Å². The summed E-state index contributed by atoms with van der Waals surface area (Å²) < 4.78 is 0. The molecule has 0 radical (unpaired) electrons. The summed E-state index contributed by atoms with van der Waals surface area (Å²) in [5, 5.41) is 20.5. The Morgan fingerprint density at radius 2 is 2.00 bits per heavy atom. The number of carbonyl (C=O) groups is 2. The van der Waals surface area contributed by atoms with E-state index in [0.717, 1.165) is 12.8 Å². The standard InChI is InChI=1S/C14H14N2O5/c17-12-7-10(14(18)19)13(15(12)8-5-6-8)9-3-1-2-4-11(9)16(20)21/h1-4,8,10,13H,5-7H2,(H,18,19). The van der Waals surface area contributed by atoms with Gasteiger partial charge in [-0.25, -0.2) is 0 Å². The maximum atomic E-state index is 12.1. The molecule has 0 bridgehead atoms. The van der Waals surface area contributed by atoms with Crippen molar-refractivity contribution < 1.29 is 19.6 Å². The molecule has 1 saturated carbocycles. The van der Waals surface area contributed by atoms with Crippen molar-refractivity contribution in [1.29, 1.82) is 0 Å². The summed E-state index contributed by atoms with van der Waals surface area (Å²) in [5.41, 5.74) is 0.182. The highest BCUT2D eigenvalue weighted by Gasteiger charge is 2.51. The molecule has 1 aliphatic carbocycles. The number of aliphatic carboxylic acids is 1. The largest absolute Gasteiger partial charge is 0.481 e. The molecule has 1 amide bonds. The number of benzene rings is 1. The van der Waals surface area contributed by atoms with Crippen LogP contribution < -0.4 is 0 Å². The number of amides is 1. The quantitative estimate of drug-likeness (QED) is 0.672. The lowest BCUT2D eigenvalue weighted by molar-refractivity contribution is -0.386. The number of hydrogen-bond acceptors (Lipinski definition) is 4. The first-order chi connectivity index (χ1) is 10.0. The van der Waals surface area contributed by atoms with Gasteiger partial charge in [-0.05, 0) is 12.8 Å². The number of nitro benzene ring substituents is 1. The number of rotatable bonds is 4. The van der Waals surface area contributed by atoms with Crippen LogP contribution in [0.4, 0.5) is 5.69 Å². The van der Waals surface area contributed by atoms with Gasteiger partial charge < -0.3 is 10.0 Å². The van der Waals surface area contributed by atoms with Crippen LogP contribution in [0.5, 0.6) is 0 Å². The predicted molar refractivity (Wildman–Crippen MR) is 71.4 cm³/mol. The normalized spacial score (nSPS) is 25.1. The molecular weight excluding hydrogens is 276 g/mol. The smallest absolute Gasteiger partial charge is 0.309 e. The average Bonchev–Trinajstić information content (AvgIpc) is 3.21. The molecule has 1 aromatic rings. The van der Waals surface area contributed by atoms with Gasteiger partial charge in [0.1, 0.15) is 0 Å².